The summed E-state index contributed by atoms with van der Waals surface area (Å²) in [7, 11) is 0. The lowest BCUT2D eigenvalue weighted by Gasteiger charge is -2.39. The summed E-state index contributed by atoms with van der Waals surface area (Å²) in [5, 5.41) is 43.4. The zero-order chi connectivity index (χ0) is 30.4. The number of rotatable bonds is 8. The van der Waals surface area contributed by atoms with Crippen molar-refractivity contribution in [2.24, 2.45) is 22.7 Å². The molecule has 10 heteroatoms. The maximum Gasteiger partial charge on any atom is 0.329 e. The normalized spacial score (nSPS) is 32.0. The van der Waals surface area contributed by atoms with Gasteiger partial charge in [0.1, 0.15) is 24.3 Å². The Bertz CT molecular complexity index is 1200. The van der Waals surface area contributed by atoms with Crippen molar-refractivity contribution in [1.82, 2.24) is 10.2 Å². The standard InChI is InChI=1S/C32H46N2O8/c1-31(2)20-11-12-32(31,3)26(15-20)42-30(41)22-16-21(35)17-34(22)29(40)27(19-7-5-4-6-8-19)33-28(39)25(38)14-18-9-10-23(36)24(37)13-18/h9-10,13,19-22,25-27,35-38H,4-8,11-12,14-17H2,1-3H3,(H,33,39). The van der Waals surface area contributed by atoms with E-state index in [0.29, 0.717) is 11.5 Å². The molecule has 0 aromatic heterocycles. The van der Waals surface area contributed by atoms with Gasteiger partial charge in [0.2, 0.25) is 11.8 Å². The number of aliphatic hydroxyl groups excluding tert-OH is 2. The van der Waals surface area contributed by atoms with Crippen LogP contribution in [-0.4, -0.2) is 80.1 Å². The summed E-state index contributed by atoms with van der Waals surface area (Å²) in [4.78, 5) is 42.2. The van der Waals surface area contributed by atoms with Crippen molar-refractivity contribution in [3.8, 4) is 11.5 Å². The maximum absolute atomic E-state index is 14.1. The predicted molar refractivity (Wildman–Crippen MR) is 153 cm³/mol. The summed E-state index contributed by atoms with van der Waals surface area (Å²) in [6.07, 6.45) is 4.54. The third-order valence-electron chi connectivity index (χ3n) is 11.3. The van der Waals surface area contributed by atoms with Crippen LogP contribution in [0.1, 0.15) is 84.1 Å². The molecule has 1 aliphatic heterocycles. The number of esters is 1. The number of nitrogens with zero attached hydrogens (tertiary/aromatic N) is 1. The SMILES string of the molecule is CC1(C)C2CCC1(C)C(OC(=O)C1CC(O)CN1C(=O)C(NC(=O)C(O)Cc1ccc(O)c(O)c1)C1CCCCC1)C2. The molecule has 3 saturated carbocycles. The quantitative estimate of drug-likeness (QED) is 0.230. The molecule has 10 nitrogen and oxygen atoms in total. The van der Waals surface area contributed by atoms with Crippen molar-refractivity contribution < 1.29 is 39.5 Å². The third kappa shape index (κ3) is 5.60. The summed E-state index contributed by atoms with van der Waals surface area (Å²) in [5.74, 6) is -2.03. The van der Waals surface area contributed by atoms with Gasteiger partial charge < -0.3 is 35.4 Å². The van der Waals surface area contributed by atoms with Crippen LogP contribution in [-0.2, 0) is 25.5 Å². The lowest BCUT2D eigenvalue weighted by atomic mass is 9.70. The van der Waals surface area contributed by atoms with Crippen molar-refractivity contribution in [1.29, 1.82) is 0 Å². The second-order valence-electron chi connectivity index (χ2n) is 13.9. The summed E-state index contributed by atoms with van der Waals surface area (Å²) >= 11 is 0. The molecular formula is C32H46N2O8. The number of β-amino-alcohol motifs (C(OH)–C–C–N with tert-alkyl or cyclic N) is 1. The Kier molecular flexibility index (Phi) is 8.51. The van der Waals surface area contributed by atoms with Gasteiger partial charge in [0, 0.05) is 24.8 Å². The fourth-order valence-corrected chi connectivity index (χ4v) is 8.10. The molecule has 7 unspecified atom stereocenters. The molecule has 0 spiro atoms. The van der Waals surface area contributed by atoms with E-state index in [1.54, 1.807) is 0 Å². The molecule has 4 fully saturated rings. The molecule has 7 atom stereocenters. The molecule has 5 rings (SSSR count). The highest BCUT2D eigenvalue weighted by Gasteiger charge is 2.63. The Balaban J connectivity index is 1.30. The molecule has 3 aliphatic carbocycles. The number of hydrogen-bond donors (Lipinski definition) is 5. The number of phenols is 2. The van der Waals surface area contributed by atoms with Crippen LogP contribution in [0.2, 0.25) is 0 Å². The lowest BCUT2D eigenvalue weighted by molar-refractivity contribution is -0.165. The molecule has 1 aromatic carbocycles. The Labute approximate surface area is 247 Å². The molecule has 42 heavy (non-hydrogen) atoms. The average molecular weight is 587 g/mol. The zero-order valence-electron chi connectivity index (χ0n) is 24.9. The van der Waals surface area contributed by atoms with Gasteiger partial charge in [-0.3, -0.25) is 9.59 Å². The topological polar surface area (TPSA) is 157 Å². The predicted octanol–water partition coefficient (Wildman–Crippen LogP) is 2.79. The second-order valence-corrected chi connectivity index (χ2v) is 13.9. The minimum atomic E-state index is -1.50. The van der Waals surface area contributed by atoms with Gasteiger partial charge in [-0.15, -0.1) is 0 Å². The molecule has 1 saturated heterocycles. The first kappa shape index (κ1) is 30.6. The van der Waals surface area contributed by atoms with Gasteiger partial charge in [0.05, 0.1) is 6.10 Å². The Morgan fingerprint density at radius 3 is 2.38 bits per heavy atom. The van der Waals surface area contributed by atoms with Gasteiger partial charge in [-0.2, -0.15) is 0 Å². The monoisotopic (exact) mass is 586 g/mol. The van der Waals surface area contributed by atoms with Crippen molar-refractivity contribution in [3.05, 3.63) is 23.8 Å². The minimum Gasteiger partial charge on any atom is -0.504 e. The molecular weight excluding hydrogens is 540 g/mol. The molecule has 2 bridgehead atoms. The molecule has 1 heterocycles. The first-order valence-corrected chi connectivity index (χ1v) is 15.5. The number of ether oxygens (including phenoxy) is 1. The highest BCUT2D eigenvalue weighted by molar-refractivity contribution is 5.92. The summed E-state index contributed by atoms with van der Waals surface area (Å²) in [6, 6.07) is 2.15. The minimum absolute atomic E-state index is 0.0247. The number of likely N-dealkylation sites (tertiary alicyclic amines) is 1. The number of aliphatic hydroxyl groups is 2. The van der Waals surface area contributed by atoms with Crippen LogP contribution in [0.15, 0.2) is 18.2 Å². The van der Waals surface area contributed by atoms with Gasteiger partial charge >= 0.3 is 5.97 Å². The molecule has 0 radical (unpaired) electrons. The van der Waals surface area contributed by atoms with E-state index in [9.17, 15) is 34.8 Å². The number of nitrogens with one attached hydrogen (secondary N) is 1. The van der Waals surface area contributed by atoms with Crippen LogP contribution in [0.3, 0.4) is 0 Å². The zero-order valence-corrected chi connectivity index (χ0v) is 24.9. The number of phenolic OH excluding ortho intramolecular Hbond substituents is 2. The van der Waals surface area contributed by atoms with Gasteiger partial charge in [-0.05, 0) is 67.1 Å². The van der Waals surface area contributed by atoms with E-state index in [1.807, 2.05) is 0 Å². The van der Waals surface area contributed by atoms with E-state index in [-0.39, 0.29) is 53.7 Å². The van der Waals surface area contributed by atoms with Crippen molar-refractivity contribution in [2.45, 2.75) is 115 Å². The first-order valence-electron chi connectivity index (χ1n) is 15.5. The van der Waals surface area contributed by atoms with E-state index in [0.717, 1.165) is 51.4 Å². The van der Waals surface area contributed by atoms with Crippen LogP contribution in [0.4, 0.5) is 0 Å². The first-order chi connectivity index (χ1) is 19.8. The summed E-state index contributed by atoms with van der Waals surface area (Å²) < 4.78 is 6.12. The highest BCUT2D eigenvalue weighted by Crippen LogP contribution is 2.66. The molecule has 2 amide bonds. The lowest BCUT2D eigenvalue weighted by Crippen LogP contribution is -2.57. The van der Waals surface area contributed by atoms with Crippen LogP contribution < -0.4 is 5.32 Å². The van der Waals surface area contributed by atoms with E-state index < -0.39 is 42.1 Å². The molecule has 4 aliphatic rings. The molecule has 5 N–H and O–H groups in total. The largest absolute Gasteiger partial charge is 0.504 e. The molecule has 232 valence electrons. The average Bonchev–Trinajstić information content (AvgIpc) is 3.51. The van der Waals surface area contributed by atoms with E-state index in [2.05, 4.69) is 26.1 Å². The van der Waals surface area contributed by atoms with E-state index in [1.165, 1.54) is 23.1 Å². The van der Waals surface area contributed by atoms with E-state index in [4.69, 9.17) is 4.74 Å². The second kappa shape index (κ2) is 11.7. The van der Waals surface area contributed by atoms with Crippen LogP contribution in [0.25, 0.3) is 0 Å². The van der Waals surface area contributed by atoms with Gasteiger partial charge in [0.25, 0.3) is 0 Å². The van der Waals surface area contributed by atoms with Crippen LogP contribution in [0, 0.1) is 22.7 Å². The summed E-state index contributed by atoms with van der Waals surface area (Å²) in [5.41, 5.74) is 0.359. The fraction of sp³-hybridized carbons (Fsp3) is 0.719. The summed E-state index contributed by atoms with van der Waals surface area (Å²) in [6.45, 7) is 6.64. The van der Waals surface area contributed by atoms with Crippen molar-refractivity contribution in [2.75, 3.05) is 6.54 Å². The number of benzene rings is 1. The number of aromatic hydroxyl groups is 2. The van der Waals surface area contributed by atoms with Crippen molar-refractivity contribution >= 4 is 17.8 Å². The van der Waals surface area contributed by atoms with Gasteiger partial charge in [0.15, 0.2) is 11.5 Å². The number of amides is 2. The van der Waals surface area contributed by atoms with E-state index >= 15 is 0 Å². The van der Waals surface area contributed by atoms with Crippen LogP contribution >= 0.6 is 0 Å². The van der Waals surface area contributed by atoms with Gasteiger partial charge in [-0.25, -0.2) is 4.79 Å². The maximum atomic E-state index is 14.1. The highest BCUT2D eigenvalue weighted by atomic mass is 16.5. The van der Waals surface area contributed by atoms with Gasteiger partial charge in [-0.1, -0.05) is 46.1 Å². The molecule has 1 aromatic rings. The smallest absolute Gasteiger partial charge is 0.329 e. The Hall–Kier alpha value is -2.85. The van der Waals surface area contributed by atoms with Crippen molar-refractivity contribution in [3.63, 3.8) is 0 Å². The third-order valence-corrected chi connectivity index (χ3v) is 11.3. The number of carbonyl (C=O) groups excluding carboxylic acids is 3. The van der Waals surface area contributed by atoms with Crippen LogP contribution in [0.5, 0.6) is 11.5 Å². The Morgan fingerprint density at radius 2 is 1.76 bits per heavy atom. The Morgan fingerprint density at radius 1 is 1.05 bits per heavy atom. The number of hydrogen-bond acceptors (Lipinski definition) is 8. The number of fused-ring (bicyclic) bond motifs is 2. The fourth-order valence-electron chi connectivity index (χ4n) is 8.10. The number of carbonyl (C=O) groups is 3.